The Balaban J connectivity index is 2.71. The number of ether oxygens (including phenoxy) is 1. The van der Waals surface area contributed by atoms with Crippen LogP contribution in [0.15, 0.2) is 0 Å². The summed E-state index contributed by atoms with van der Waals surface area (Å²) in [6.45, 7) is 1.55. The highest BCUT2D eigenvalue weighted by atomic mass is 16.5. The maximum absolute atomic E-state index is 10.4. The first kappa shape index (κ1) is 5.44. The smallest absolute Gasteiger partial charge is 0.229 e. The largest absolute Gasteiger partial charge is 0.362 e. The van der Waals surface area contributed by atoms with Gasteiger partial charge in [-0.15, -0.1) is 0 Å². The van der Waals surface area contributed by atoms with Gasteiger partial charge in [-0.1, -0.05) is 0 Å². The number of carbonyl (C=O) groups excluding carboxylic acids is 2. The van der Waals surface area contributed by atoms with E-state index in [2.05, 4.69) is 4.74 Å². The summed E-state index contributed by atoms with van der Waals surface area (Å²) < 4.78 is 4.68. The topological polar surface area (TPSA) is 43.4 Å². The van der Waals surface area contributed by atoms with Gasteiger partial charge in [-0.3, -0.25) is 9.59 Å². The average Bonchev–Trinajstić information content (AvgIpc) is 1.98. The summed E-state index contributed by atoms with van der Waals surface area (Å²) in [4.78, 5) is 20.7. The first-order valence-corrected chi connectivity index (χ1v) is 2.40. The number of hydrogen-bond donors (Lipinski definition) is 0. The molecule has 8 heavy (non-hydrogen) atoms. The molecule has 1 atom stereocenters. The molecule has 1 heterocycles. The van der Waals surface area contributed by atoms with E-state index in [1.54, 1.807) is 6.92 Å². The van der Waals surface area contributed by atoms with E-state index in [0.717, 1.165) is 0 Å². The third kappa shape index (κ3) is 0.648. The SMILES string of the molecule is CC1OCC(=O)C1=O. The van der Waals surface area contributed by atoms with Gasteiger partial charge in [0.05, 0.1) is 0 Å². The predicted octanol–water partition coefficient (Wildman–Crippen LogP) is -0.457. The molecule has 1 saturated heterocycles. The van der Waals surface area contributed by atoms with Crippen LogP contribution >= 0.6 is 0 Å². The maximum atomic E-state index is 10.4. The lowest BCUT2D eigenvalue weighted by atomic mass is 10.2. The van der Waals surface area contributed by atoms with Crippen molar-refractivity contribution in [2.75, 3.05) is 6.61 Å². The van der Waals surface area contributed by atoms with Crippen LogP contribution in [0, 0.1) is 0 Å². The summed E-state index contributed by atoms with van der Waals surface area (Å²) in [5, 5.41) is 0. The van der Waals surface area contributed by atoms with Crippen molar-refractivity contribution < 1.29 is 14.3 Å². The highest BCUT2D eigenvalue weighted by Crippen LogP contribution is 2.02. The van der Waals surface area contributed by atoms with E-state index in [1.807, 2.05) is 0 Å². The molecule has 0 aromatic heterocycles. The second-order valence-corrected chi connectivity index (χ2v) is 1.74. The zero-order valence-electron chi connectivity index (χ0n) is 4.51. The van der Waals surface area contributed by atoms with Crippen molar-refractivity contribution in [1.82, 2.24) is 0 Å². The molecule has 0 saturated carbocycles. The fourth-order valence-corrected chi connectivity index (χ4v) is 0.574. The number of ketones is 2. The Labute approximate surface area is 46.6 Å². The van der Waals surface area contributed by atoms with Gasteiger partial charge in [0, 0.05) is 0 Å². The molecule has 0 aromatic rings. The third-order valence-corrected chi connectivity index (χ3v) is 1.11. The van der Waals surface area contributed by atoms with Gasteiger partial charge in [0.25, 0.3) is 0 Å². The highest BCUT2D eigenvalue weighted by molar-refractivity contribution is 6.40. The second-order valence-electron chi connectivity index (χ2n) is 1.74. The fourth-order valence-electron chi connectivity index (χ4n) is 0.574. The predicted molar refractivity (Wildman–Crippen MR) is 25.4 cm³/mol. The standard InChI is InChI=1S/C5H6O3/c1-3-5(7)4(6)2-8-3/h3H,2H2,1H3. The van der Waals surface area contributed by atoms with E-state index < -0.39 is 17.7 Å². The van der Waals surface area contributed by atoms with Gasteiger partial charge in [-0.05, 0) is 6.92 Å². The lowest BCUT2D eigenvalue weighted by Gasteiger charge is -1.91. The Bertz CT molecular complexity index is 139. The van der Waals surface area contributed by atoms with Crippen molar-refractivity contribution in [2.45, 2.75) is 13.0 Å². The summed E-state index contributed by atoms with van der Waals surface area (Å²) >= 11 is 0. The quantitative estimate of drug-likeness (QED) is 0.400. The molecule has 1 aliphatic rings. The summed E-state index contributed by atoms with van der Waals surface area (Å²) in [5.74, 6) is -0.803. The summed E-state index contributed by atoms with van der Waals surface area (Å²) in [6, 6.07) is 0. The first-order valence-electron chi connectivity index (χ1n) is 2.40. The van der Waals surface area contributed by atoms with Crippen molar-refractivity contribution in [3.63, 3.8) is 0 Å². The Morgan fingerprint density at radius 3 is 2.38 bits per heavy atom. The Morgan fingerprint density at radius 2 is 2.25 bits per heavy atom. The van der Waals surface area contributed by atoms with E-state index in [1.165, 1.54) is 0 Å². The van der Waals surface area contributed by atoms with Crippen LogP contribution in [0.25, 0.3) is 0 Å². The van der Waals surface area contributed by atoms with Crippen LogP contribution in [0.4, 0.5) is 0 Å². The van der Waals surface area contributed by atoms with Crippen LogP contribution in [0.2, 0.25) is 0 Å². The lowest BCUT2D eigenvalue weighted by molar-refractivity contribution is -0.134. The Hall–Kier alpha value is -0.700. The van der Waals surface area contributed by atoms with E-state index in [-0.39, 0.29) is 6.61 Å². The Morgan fingerprint density at radius 1 is 1.62 bits per heavy atom. The minimum atomic E-state index is -0.498. The number of rotatable bonds is 0. The molecular weight excluding hydrogens is 108 g/mol. The molecule has 0 aliphatic carbocycles. The van der Waals surface area contributed by atoms with Crippen LogP contribution in [0.1, 0.15) is 6.92 Å². The summed E-state index contributed by atoms with van der Waals surface area (Å²) in [5.41, 5.74) is 0. The van der Waals surface area contributed by atoms with Crippen LogP contribution in [-0.4, -0.2) is 24.3 Å². The number of hydrogen-bond acceptors (Lipinski definition) is 3. The van der Waals surface area contributed by atoms with Crippen LogP contribution in [-0.2, 0) is 14.3 Å². The molecule has 0 N–H and O–H groups in total. The zero-order valence-corrected chi connectivity index (χ0v) is 4.51. The van der Waals surface area contributed by atoms with Crippen LogP contribution in [0.5, 0.6) is 0 Å². The van der Waals surface area contributed by atoms with E-state index in [9.17, 15) is 9.59 Å². The van der Waals surface area contributed by atoms with Crippen molar-refractivity contribution in [2.24, 2.45) is 0 Å². The monoisotopic (exact) mass is 114 g/mol. The first-order chi connectivity index (χ1) is 3.72. The average molecular weight is 114 g/mol. The van der Waals surface area contributed by atoms with Gasteiger partial charge in [0.15, 0.2) is 0 Å². The van der Waals surface area contributed by atoms with Gasteiger partial charge in [-0.2, -0.15) is 0 Å². The van der Waals surface area contributed by atoms with Crippen molar-refractivity contribution in [3.8, 4) is 0 Å². The molecule has 1 aliphatic heterocycles. The second kappa shape index (κ2) is 1.67. The minimum Gasteiger partial charge on any atom is -0.362 e. The molecule has 1 rings (SSSR count). The van der Waals surface area contributed by atoms with Crippen molar-refractivity contribution >= 4 is 11.6 Å². The molecule has 0 amide bonds. The van der Waals surface area contributed by atoms with E-state index in [0.29, 0.717) is 0 Å². The summed E-state index contributed by atoms with van der Waals surface area (Å²) in [7, 11) is 0. The van der Waals surface area contributed by atoms with Gasteiger partial charge < -0.3 is 4.74 Å². The van der Waals surface area contributed by atoms with Gasteiger partial charge >= 0.3 is 0 Å². The minimum absolute atomic E-state index is 0.0278. The molecule has 44 valence electrons. The van der Waals surface area contributed by atoms with Gasteiger partial charge in [0.2, 0.25) is 11.6 Å². The number of Topliss-reactive ketones (excluding diaryl/α,β-unsaturated/α-hetero) is 2. The normalized spacial score (nSPS) is 29.4. The fraction of sp³-hybridized carbons (Fsp3) is 0.600. The molecule has 3 nitrogen and oxygen atoms in total. The molecular formula is C5H6O3. The molecule has 3 heteroatoms. The van der Waals surface area contributed by atoms with Gasteiger partial charge in [0.1, 0.15) is 12.7 Å². The van der Waals surface area contributed by atoms with E-state index in [4.69, 9.17) is 0 Å². The maximum Gasteiger partial charge on any atom is 0.229 e. The van der Waals surface area contributed by atoms with Crippen molar-refractivity contribution in [1.29, 1.82) is 0 Å². The molecule has 0 radical (unpaired) electrons. The molecule has 0 spiro atoms. The van der Waals surface area contributed by atoms with Crippen molar-refractivity contribution in [3.05, 3.63) is 0 Å². The lowest BCUT2D eigenvalue weighted by Crippen LogP contribution is -2.15. The summed E-state index contributed by atoms with van der Waals surface area (Å²) in [6.07, 6.45) is -0.498. The van der Waals surface area contributed by atoms with Crippen LogP contribution < -0.4 is 0 Å². The van der Waals surface area contributed by atoms with Crippen LogP contribution in [0.3, 0.4) is 0 Å². The Kier molecular flexibility index (Phi) is 1.13. The van der Waals surface area contributed by atoms with Gasteiger partial charge in [-0.25, -0.2) is 0 Å². The molecule has 0 aromatic carbocycles. The molecule has 0 bridgehead atoms. The third-order valence-electron chi connectivity index (χ3n) is 1.11. The number of carbonyl (C=O) groups is 2. The van der Waals surface area contributed by atoms with E-state index >= 15 is 0 Å². The molecule has 1 unspecified atom stereocenters. The highest BCUT2D eigenvalue weighted by Gasteiger charge is 2.29. The zero-order chi connectivity index (χ0) is 6.15. The molecule has 1 fully saturated rings.